The van der Waals surface area contributed by atoms with Crippen LogP contribution in [0.4, 0.5) is 0 Å². The summed E-state index contributed by atoms with van der Waals surface area (Å²) >= 11 is 11.8. The molecule has 0 radical (unpaired) electrons. The molecule has 0 spiro atoms. The monoisotopic (exact) mass is 254 g/mol. The van der Waals surface area contributed by atoms with E-state index < -0.39 is 0 Å². The van der Waals surface area contributed by atoms with Crippen molar-refractivity contribution in [2.45, 2.75) is 0 Å². The highest BCUT2D eigenvalue weighted by atomic mass is 35.5. The number of methoxy groups -OCH3 is 1. The number of aromatic nitrogens is 2. The van der Waals surface area contributed by atoms with Crippen LogP contribution in [-0.4, -0.2) is 17.1 Å². The molecular weight excluding hydrogens is 247 g/mol. The number of nitrogens with zero attached hydrogens (tertiary/aromatic N) is 2. The predicted octanol–water partition coefficient (Wildman–Crippen LogP) is 3.46. The third-order valence-corrected chi connectivity index (χ3v) is 2.55. The standard InChI is InChI=1S/C11H8Cl2N2O/c1-16-9-4-2-3-8(13)10(9)11-14-5-7(12)6-15-11/h2-6H,1H3. The lowest BCUT2D eigenvalue weighted by Crippen LogP contribution is -1.93. The second kappa shape index (κ2) is 4.68. The molecule has 82 valence electrons. The van der Waals surface area contributed by atoms with Gasteiger partial charge in [-0.05, 0) is 12.1 Å². The molecule has 0 N–H and O–H groups in total. The molecule has 1 heterocycles. The van der Waals surface area contributed by atoms with Gasteiger partial charge in [0.25, 0.3) is 0 Å². The minimum atomic E-state index is 0.481. The normalized spacial score (nSPS) is 10.2. The quantitative estimate of drug-likeness (QED) is 0.824. The Bertz CT molecular complexity index is 500. The topological polar surface area (TPSA) is 35.0 Å². The summed E-state index contributed by atoms with van der Waals surface area (Å²) in [6, 6.07) is 5.37. The largest absolute Gasteiger partial charge is 0.496 e. The van der Waals surface area contributed by atoms with E-state index >= 15 is 0 Å². The van der Waals surface area contributed by atoms with Crippen LogP contribution in [-0.2, 0) is 0 Å². The van der Waals surface area contributed by atoms with E-state index in [2.05, 4.69) is 9.97 Å². The highest BCUT2D eigenvalue weighted by molar-refractivity contribution is 6.33. The van der Waals surface area contributed by atoms with Crippen molar-refractivity contribution < 1.29 is 4.74 Å². The number of benzene rings is 1. The lowest BCUT2D eigenvalue weighted by atomic mass is 10.2. The smallest absolute Gasteiger partial charge is 0.164 e. The highest BCUT2D eigenvalue weighted by Crippen LogP contribution is 2.34. The molecule has 2 rings (SSSR count). The van der Waals surface area contributed by atoms with E-state index in [-0.39, 0.29) is 0 Å². The molecule has 3 nitrogen and oxygen atoms in total. The van der Waals surface area contributed by atoms with Crippen LogP contribution < -0.4 is 4.74 Å². The summed E-state index contributed by atoms with van der Waals surface area (Å²) < 4.78 is 5.21. The van der Waals surface area contributed by atoms with Gasteiger partial charge in [-0.3, -0.25) is 0 Å². The van der Waals surface area contributed by atoms with Gasteiger partial charge in [-0.2, -0.15) is 0 Å². The second-order valence-corrected chi connectivity index (χ2v) is 3.89. The van der Waals surface area contributed by atoms with Gasteiger partial charge in [-0.15, -0.1) is 0 Å². The predicted molar refractivity (Wildman–Crippen MR) is 64.0 cm³/mol. The first kappa shape index (κ1) is 11.2. The van der Waals surface area contributed by atoms with Crippen molar-refractivity contribution in [2.75, 3.05) is 7.11 Å². The molecule has 1 aromatic heterocycles. The fraction of sp³-hybridized carbons (Fsp3) is 0.0909. The van der Waals surface area contributed by atoms with Crippen LogP contribution in [0.25, 0.3) is 11.4 Å². The zero-order valence-corrected chi connectivity index (χ0v) is 9.96. The van der Waals surface area contributed by atoms with Gasteiger partial charge < -0.3 is 4.74 Å². The molecule has 1 aromatic carbocycles. The molecule has 0 aliphatic heterocycles. The molecule has 0 aliphatic carbocycles. The van der Waals surface area contributed by atoms with Gasteiger partial charge in [0.05, 0.1) is 22.7 Å². The molecule has 0 amide bonds. The molecule has 0 aliphatic rings. The average Bonchev–Trinajstić information content (AvgIpc) is 2.30. The maximum atomic E-state index is 6.09. The van der Waals surface area contributed by atoms with Gasteiger partial charge in [-0.25, -0.2) is 9.97 Å². The summed E-state index contributed by atoms with van der Waals surface area (Å²) in [4.78, 5) is 8.22. The van der Waals surface area contributed by atoms with Crippen molar-refractivity contribution in [2.24, 2.45) is 0 Å². The first-order valence-electron chi connectivity index (χ1n) is 4.53. The summed E-state index contributed by atoms with van der Waals surface area (Å²) in [7, 11) is 1.57. The Kier molecular flexibility index (Phi) is 3.27. The van der Waals surface area contributed by atoms with Crippen LogP contribution in [0.1, 0.15) is 0 Å². The van der Waals surface area contributed by atoms with Crippen LogP contribution in [0.3, 0.4) is 0 Å². The molecule has 0 saturated carbocycles. The summed E-state index contributed by atoms with van der Waals surface area (Å²) in [6.45, 7) is 0. The summed E-state index contributed by atoms with van der Waals surface area (Å²) in [5.41, 5.74) is 0.670. The van der Waals surface area contributed by atoms with Crippen molar-refractivity contribution in [1.29, 1.82) is 0 Å². The van der Waals surface area contributed by atoms with Crippen molar-refractivity contribution in [3.8, 4) is 17.1 Å². The molecule has 0 fully saturated rings. The zero-order chi connectivity index (χ0) is 11.5. The lowest BCUT2D eigenvalue weighted by Gasteiger charge is -2.08. The van der Waals surface area contributed by atoms with E-state index in [4.69, 9.17) is 27.9 Å². The van der Waals surface area contributed by atoms with E-state index in [0.717, 1.165) is 0 Å². The number of rotatable bonds is 2. The van der Waals surface area contributed by atoms with E-state index in [1.54, 1.807) is 25.3 Å². The third-order valence-electron chi connectivity index (χ3n) is 2.04. The maximum Gasteiger partial charge on any atom is 0.164 e. The summed E-state index contributed by atoms with van der Waals surface area (Å²) in [5, 5.41) is 1.02. The van der Waals surface area contributed by atoms with Gasteiger partial charge >= 0.3 is 0 Å². The first-order chi connectivity index (χ1) is 7.72. The molecule has 0 bridgehead atoms. The fourth-order valence-corrected chi connectivity index (χ4v) is 1.68. The summed E-state index contributed by atoms with van der Waals surface area (Å²) in [5.74, 6) is 1.13. The Morgan fingerprint density at radius 2 is 1.81 bits per heavy atom. The van der Waals surface area contributed by atoms with Gasteiger partial charge in [0.15, 0.2) is 5.82 Å². The Labute approximate surface area is 103 Å². The van der Waals surface area contributed by atoms with Crippen molar-refractivity contribution in [3.63, 3.8) is 0 Å². The second-order valence-electron chi connectivity index (χ2n) is 3.04. The number of halogens is 2. The minimum Gasteiger partial charge on any atom is -0.496 e. The van der Waals surface area contributed by atoms with Gasteiger partial charge in [0, 0.05) is 12.4 Å². The molecule has 2 aromatic rings. The number of ether oxygens (including phenoxy) is 1. The van der Waals surface area contributed by atoms with Crippen molar-refractivity contribution in [1.82, 2.24) is 9.97 Å². The number of hydrogen-bond acceptors (Lipinski definition) is 3. The first-order valence-corrected chi connectivity index (χ1v) is 5.28. The van der Waals surface area contributed by atoms with Crippen LogP contribution >= 0.6 is 23.2 Å². The zero-order valence-electron chi connectivity index (χ0n) is 8.45. The Balaban J connectivity index is 2.58. The highest BCUT2D eigenvalue weighted by Gasteiger charge is 2.12. The fourth-order valence-electron chi connectivity index (χ4n) is 1.33. The number of hydrogen-bond donors (Lipinski definition) is 0. The summed E-state index contributed by atoms with van der Waals surface area (Å²) in [6.07, 6.45) is 3.04. The van der Waals surface area contributed by atoms with Gasteiger partial charge in [0.1, 0.15) is 5.75 Å². The van der Waals surface area contributed by atoms with Crippen molar-refractivity contribution in [3.05, 3.63) is 40.6 Å². The average molecular weight is 255 g/mol. The van der Waals surface area contributed by atoms with Gasteiger partial charge in [-0.1, -0.05) is 29.3 Å². The molecule has 5 heteroatoms. The minimum absolute atomic E-state index is 0.481. The molecule has 0 atom stereocenters. The van der Waals surface area contributed by atoms with Gasteiger partial charge in [0.2, 0.25) is 0 Å². The van der Waals surface area contributed by atoms with E-state index in [1.165, 1.54) is 12.4 Å². The Morgan fingerprint density at radius 3 is 2.44 bits per heavy atom. The SMILES string of the molecule is COc1cccc(Cl)c1-c1ncc(Cl)cn1. The van der Waals surface area contributed by atoms with E-state index in [0.29, 0.717) is 27.2 Å². The van der Waals surface area contributed by atoms with Crippen molar-refractivity contribution >= 4 is 23.2 Å². The van der Waals surface area contributed by atoms with Crippen LogP contribution in [0, 0.1) is 0 Å². The third kappa shape index (κ3) is 2.10. The van der Waals surface area contributed by atoms with Crippen LogP contribution in [0.15, 0.2) is 30.6 Å². The van der Waals surface area contributed by atoms with E-state index in [1.807, 2.05) is 0 Å². The molecule has 0 unspecified atom stereocenters. The Hall–Kier alpha value is -1.32. The Morgan fingerprint density at radius 1 is 1.12 bits per heavy atom. The maximum absolute atomic E-state index is 6.09. The van der Waals surface area contributed by atoms with E-state index in [9.17, 15) is 0 Å². The van der Waals surface area contributed by atoms with Crippen LogP contribution in [0.2, 0.25) is 10.0 Å². The molecular formula is C11H8Cl2N2O. The molecule has 16 heavy (non-hydrogen) atoms. The van der Waals surface area contributed by atoms with Crippen LogP contribution in [0.5, 0.6) is 5.75 Å². The lowest BCUT2D eigenvalue weighted by molar-refractivity contribution is 0.416. The molecule has 0 saturated heterocycles.